The molecule has 7 heteroatoms. The predicted octanol–water partition coefficient (Wildman–Crippen LogP) is 4.27. The fourth-order valence-corrected chi connectivity index (χ4v) is 3.39. The Morgan fingerprint density at radius 3 is 2.42 bits per heavy atom. The molecule has 1 aliphatic heterocycles. The van der Waals surface area contributed by atoms with Gasteiger partial charge in [0.1, 0.15) is 5.57 Å². The van der Waals surface area contributed by atoms with Gasteiger partial charge in [-0.05, 0) is 73.5 Å². The minimum Gasteiger partial charge on any atom is -0.493 e. The second-order valence-corrected chi connectivity index (χ2v) is 7.61. The largest absolute Gasteiger partial charge is 0.493 e. The number of aryl methyl sites for hydroxylation is 1. The second-order valence-electron chi connectivity index (χ2n) is 7.22. The molecule has 0 aliphatic carbocycles. The predicted molar refractivity (Wildman–Crippen MR) is 125 cm³/mol. The van der Waals surface area contributed by atoms with Crippen molar-refractivity contribution in [1.29, 1.82) is 0 Å². The van der Waals surface area contributed by atoms with Crippen LogP contribution in [0.3, 0.4) is 0 Å². The normalized spacial score (nSPS) is 16.3. The number of carbonyl (C=O) groups is 2. The van der Waals surface area contributed by atoms with Gasteiger partial charge < -0.3 is 9.47 Å². The van der Waals surface area contributed by atoms with Gasteiger partial charge in [-0.1, -0.05) is 32.0 Å². The van der Waals surface area contributed by atoms with E-state index in [0.717, 1.165) is 18.4 Å². The number of thiocarbonyl (C=S) groups is 1. The summed E-state index contributed by atoms with van der Waals surface area (Å²) >= 11 is 5.26. The number of hydrogen-bond donors (Lipinski definition) is 1. The first-order chi connectivity index (χ1) is 14.9. The van der Waals surface area contributed by atoms with Gasteiger partial charge in [0.15, 0.2) is 16.6 Å². The van der Waals surface area contributed by atoms with Crippen LogP contribution in [0.15, 0.2) is 48.0 Å². The Bertz CT molecular complexity index is 1030. The van der Waals surface area contributed by atoms with Crippen LogP contribution in [0.5, 0.6) is 11.5 Å². The van der Waals surface area contributed by atoms with Gasteiger partial charge in [-0.3, -0.25) is 19.8 Å². The van der Waals surface area contributed by atoms with Gasteiger partial charge in [0.05, 0.1) is 18.9 Å². The molecule has 0 saturated carbocycles. The van der Waals surface area contributed by atoms with Crippen LogP contribution >= 0.6 is 12.2 Å². The average Bonchev–Trinajstić information content (AvgIpc) is 2.77. The Labute approximate surface area is 187 Å². The molecular weight excluding hydrogens is 412 g/mol. The highest BCUT2D eigenvalue weighted by Crippen LogP contribution is 2.31. The maximum Gasteiger partial charge on any atom is 0.270 e. The van der Waals surface area contributed by atoms with Crippen LogP contribution in [0.25, 0.3) is 6.08 Å². The first-order valence-electron chi connectivity index (χ1n) is 10.2. The Morgan fingerprint density at radius 1 is 1.10 bits per heavy atom. The van der Waals surface area contributed by atoms with Gasteiger partial charge in [-0.15, -0.1) is 0 Å². The van der Waals surface area contributed by atoms with Crippen molar-refractivity contribution in [3.63, 3.8) is 0 Å². The summed E-state index contributed by atoms with van der Waals surface area (Å²) in [6.07, 6.45) is 3.32. The van der Waals surface area contributed by atoms with Crippen LogP contribution < -0.4 is 19.7 Å². The van der Waals surface area contributed by atoms with Crippen LogP contribution in [-0.4, -0.2) is 30.1 Å². The van der Waals surface area contributed by atoms with Crippen molar-refractivity contribution in [2.24, 2.45) is 0 Å². The summed E-state index contributed by atoms with van der Waals surface area (Å²) in [7, 11) is 1.55. The Hall–Kier alpha value is -3.19. The Balaban J connectivity index is 1.93. The number of anilines is 1. The molecule has 162 valence electrons. The average molecular weight is 439 g/mol. The van der Waals surface area contributed by atoms with Crippen LogP contribution in [0, 0.1) is 0 Å². The first kappa shape index (κ1) is 22.5. The molecule has 3 rings (SSSR count). The zero-order valence-electron chi connectivity index (χ0n) is 18.1. The number of benzene rings is 2. The molecule has 0 aromatic heterocycles. The van der Waals surface area contributed by atoms with E-state index in [9.17, 15) is 9.59 Å². The topological polar surface area (TPSA) is 67.9 Å². The first-order valence-corrected chi connectivity index (χ1v) is 10.6. The molecule has 2 amide bonds. The van der Waals surface area contributed by atoms with Gasteiger partial charge in [-0.25, -0.2) is 0 Å². The molecule has 0 bridgehead atoms. The number of ether oxygens (including phenoxy) is 2. The van der Waals surface area contributed by atoms with Crippen LogP contribution in [0.1, 0.15) is 38.3 Å². The van der Waals surface area contributed by atoms with Crippen molar-refractivity contribution in [3.8, 4) is 11.5 Å². The fourth-order valence-electron chi connectivity index (χ4n) is 3.11. The van der Waals surface area contributed by atoms with Gasteiger partial charge in [0.25, 0.3) is 11.8 Å². The van der Waals surface area contributed by atoms with E-state index in [0.29, 0.717) is 22.7 Å². The lowest BCUT2D eigenvalue weighted by Gasteiger charge is -2.29. The van der Waals surface area contributed by atoms with Crippen LogP contribution in [0.4, 0.5) is 5.69 Å². The zero-order chi connectivity index (χ0) is 22.5. The number of methoxy groups -OCH3 is 1. The third kappa shape index (κ3) is 4.94. The third-order valence-electron chi connectivity index (χ3n) is 5.11. The monoisotopic (exact) mass is 438 g/mol. The minimum atomic E-state index is -0.532. The molecule has 0 radical (unpaired) electrons. The van der Waals surface area contributed by atoms with Crippen LogP contribution in [-0.2, 0) is 16.0 Å². The molecule has 31 heavy (non-hydrogen) atoms. The molecule has 2 aromatic rings. The molecule has 2 aromatic carbocycles. The molecule has 1 saturated heterocycles. The quantitative estimate of drug-likeness (QED) is 0.397. The lowest BCUT2D eigenvalue weighted by molar-refractivity contribution is -0.122. The Kier molecular flexibility index (Phi) is 7.07. The van der Waals surface area contributed by atoms with Crippen molar-refractivity contribution in [3.05, 3.63) is 59.2 Å². The molecule has 1 aliphatic rings. The summed E-state index contributed by atoms with van der Waals surface area (Å²) < 4.78 is 11.3. The Morgan fingerprint density at radius 2 is 1.81 bits per heavy atom. The summed E-state index contributed by atoms with van der Waals surface area (Å²) in [6.45, 7) is 6.07. The maximum atomic E-state index is 13.2. The molecule has 1 fully saturated rings. The number of carbonyl (C=O) groups excluding carboxylic acids is 2. The maximum absolute atomic E-state index is 13.2. The fraction of sp³-hybridized carbons (Fsp3) is 0.292. The van der Waals surface area contributed by atoms with Gasteiger partial charge in [-0.2, -0.15) is 0 Å². The van der Waals surface area contributed by atoms with E-state index >= 15 is 0 Å². The van der Waals surface area contributed by atoms with E-state index in [1.165, 1.54) is 11.0 Å². The third-order valence-corrected chi connectivity index (χ3v) is 5.39. The smallest absolute Gasteiger partial charge is 0.270 e. The van der Waals surface area contributed by atoms with E-state index in [2.05, 4.69) is 12.2 Å². The molecule has 1 N–H and O–H groups in total. The highest BCUT2D eigenvalue weighted by atomic mass is 32.1. The highest BCUT2D eigenvalue weighted by molar-refractivity contribution is 7.80. The number of hydrogen-bond acceptors (Lipinski definition) is 5. The number of nitrogens with zero attached hydrogens (tertiary/aromatic N) is 1. The van der Waals surface area contributed by atoms with Gasteiger partial charge >= 0.3 is 0 Å². The van der Waals surface area contributed by atoms with Crippen molar-refractivity contribution in [1.82, 2.24) is 5.32 Å². The summed E-state index contributed by atoms with van der Waals surface area (Å²) in [5.41, 5.74) is 2.38. The second kappa shape index (κ2) is 9.75. The van der Waals surface area contributed by atoms with E-state index in [-0.39, 0.29) is 16.8 Å². The van der Waals surface area contributed by atoms with Crippen molar-refractivity contribution < 1.29 is 19.1 Å². The van der Waals surface area contributed by atoms with Crippen molar-refractivity contribution >= 4 is 40.9 Å². The highest BCUT2D eigenvalue weighted by Gasteiger charge is 2.34. The van der Waals surface area contributed by atoms with Crippen molar-refractivity contribution in [2.75, 3.05) is 12.0 Å². The van der Waals surface area contributed by atoms with E-state index in [1.807, 2.05) is 38.1 Å². The minimum absolute atomic E-state index is 0.00850. The van der Waals surface area contributed by atoms with Crippen molar-refractivity contribution in [2.45, 2.75) is 39.7 Å². The van der Waals surface area contributed by atoms with E-state index < -0.39 is 11.8 Å². The lowest BCUT2D eigenvalue weighted by Crippen LogP contribution is -2.54. The molecule has 6 nitrogen and oxygen atoms in total. The van der Waals surface area contributed by atoms with E-state index in [1.54, 1.807) is 25.3 Å². The van der Waals surface area contributed by atoms with E-state index in [4.69, 9.17) is 21.7 Å². The summed E-state index contributed by atoms with van der Waals surface area (Å²) in [4.78, 5) is 27.0. The van der Waals surface area contributed by atoms with Crippen LogP contribution in [0.2, 0.25) is 0 Å². The SMILES string of the molecule is CCc1ccc(N2C(=O)/C(=C/c3ccc(O[C@H](C)CC)c(OC)c3)C(=O)NC2=S)cc1. The summed E-state index contributed by atoms with van der Waals surface area (Å²) in [5, 5.41) is 2.67. The summed E-state index contributed by atoms with van der Waals surface area (Å²) in [5.74, 6) is 0.130. The molecule has 1 atom stereocenters. The molecule has 0 unspecified atom stereocenters. The number of rotatable bonds is 7. The molecule has 0 spiro atoms. The van der Waals surface area contributed by atoms with Gasteiger partial charge in [0, 0.05) is 0 Å². The van der Waals surface area contributed by atoms with Gasteiger partial charge in [0.2, 0.25) is 0 Å². The number of amides is 2. The number of nitrogens with one attached hydrogen (secondary N) is 1. The lowest BCUT2D eigenvalue weighted by atomic mass is 10.1. The standard InChI is InChI=1S/C24H26N2O4S/c1-5-15(3)30-20-12-9-17(14-21(20)29-4)13-19-22(27)25-24(31)26(23(19)28)18-10-7-16(6-2)8-11-18/h7-15H,5-6H2,1-4H3,(H,25,27,31)/b19-13+/t15-/m1/s1. The zero-order valence-corrected chi connectivity index (χ0v) is 18.9. The molecule has 1 heterocycles. The molecular formula is C24H26N2O4S. The summed E-state index contributed by atoms with van der Waals surface area (Å²) in [6, 6.07) is 12.8.